The number of fused-ring (bicyclic) bond motifs is 4. The molecule has 8 rings (SSSR count). The Kier molecular flexibility index (Phi) is 11.0. The highest BCUT2D eigenvalue weighted by molar-refractivity contribution is 7.22. The van der Waals surface area contributed by atoms with Crippen LogP contribution < -0.4 is 21.3 Å². The number of nitrogens with one attached hydrogen (secondary N) is 4. The molecular weight excluding hydrogens is 764 g/mol. The van der Waals surface area contributed by atoms with Crippen molar-refractivity contribution in [1.82, 2.24) is 39.7 Å². The zero-order valence-corrected chi connectivity index (χ0v) is 33.0. The Balaban J connectivity index is 0.000000167. The first-order chi connectivity index (χ1) is 26.2. The maximum Gasteiger partial charge on any atom is 0.251 e. The summed E-state index contributed by atoms with van der Waals surface area (Å²) in [6.45, 7) is 10.6. The van der Waals surface area contributed by atoms with Crippen molar-refractivity contribution in [1.29, 1.82) is 0 Å². The highest BCUT2D eigenvalue weighted by Crippen LogP contribution is 2.33. The molecule has 0 saturated carbocycles. The van der Waals surface area contributed by atoms with Crippen LogP contribution in [0.3, 0.4) is 0 Å². The molecule has 0 saturated heterocycles. The number of rotatable bonds is 10. The van der Waals surface area contributed by atoms with Crippen LogP contribution in [-0.2, 0) is 13.1 Å². The summed E-state index contributed by atoms with van der Waals surface area (Å²) in [6, 6.07) is 22.4. The van der Waals surface area contributed by atoms with Crippen molar-refractivity contribution in [3.8, 4) is 0 Å². The number of hydrogen-bond donors (Lipinski definition) is 4. The van der Waals surface area contributed by atoms with E-state index in [0.29, 0.717) is 46.2 Å². The van der Waals surface area contributed by atoms with E-state index >= 15 is 0 Å². The lowest BCUT2D eigenvalue weighted by atomic mass is 10.2. The second-order valence-electron chi connectivity index (χ2n) is 12.0. The third-order valence-corrected chi connectivity index (χ3v) is 10.8. The topological polar surface area (TPSA) is 144 Å². The van der Waals surface area contributed by atoms with E-state index in [-0.39, 0.29) is 11.8 Å². The Bertz CT molecular complexity index is 2480. The molecule has 8 aromatic rings. The molecule has 0 bridgehead atoms. The van der Waals surface area contributed by atoms with Crippen LogP contribution >= 0.6 is 45.9 Å². The third kappa shape index (κ3) is 7.69. The second-order valence-corrected chi connectivity index (χ2v) is 14.9. The van der Waals surface area contributed by atoms with Crippen LogP contribution in [-0.4, -0.2) is 54.0 Å². The van der Waals surface area contributed by atoms with Crippen molar-refractivity contribution in [3.05, 3.63) is 94.0 Å². The van der Waals surface area contributed by atoms with Gasteiger partial charge in [0.05, 0.1) is 42.5 Å². The lowest BCUT2D eigenvalue weighted by molar-refractivity contribution is 0.0947. The summed E-state index contributed by atoms with van der Waals surface area (Å²) in [7, 11) is 0. The van der Waals surface area contributed by atoms with E-state index in [2.05, 4.69) is 64.2 Å². The van der Waals surface area contributed by atoms with E-state index < -0.39 is 0 Å². The van der Waals surface area contributed by atoms with Gasteiger partial charge in [0.2, 0.25) is 11.9 Å². The van der Waals surface area contributed by atoms with Crippen LogP contribution in [0, 0.1) is 0 Å². The zero-order chi connectivity index (χ0) is 37.9. The van der Waals surface area contributed by atoms with Crippen LogP contribution in [0.15, 0.2) is 72.8 Å². The normalized spacial score (nSPS) is 11.2. The number of imidazole rings is 2. The molecule has 4 N–H and O–H groups in total. The van der Waals surface area contributed by atoms with E-state index in [1.807, 2.05) is 86.6 Å². The van der Waals surface area contributed by atoms with E-state index in [1.54, 1.807) is 0 Å². The number of anilines is 4. The molecule has 54 heavy (non-hydrogen) atoms. The minimum absolute atomic E-state index is 0.0944. The van der Waals surface area contributed by atoms with Crippen LogP contribution in [0.2, 0.25) is 10.0 Å². The largest absolute Gasteiger partial charge is 0.352 e. The molecule has 0 aliphatic rings. The molecule has 0 unspecified atom stereocenters. The van der Waals surface area contributed by atoms with Gasteiger partial charge in [-0.2, -0.15) is 0 Å². The minimum Gasteiger partial charge on any atom is -0.352 e. The lowest BCUT2D eigenvalue weighted by Gasteiger charge is -2.06. The van der Waals surface area contributed by atoms with Gasteiger partial charge in [0, 0.05) is 47.4 Å². The van der Waals surface area contributed by atoms with E-state index in [1.165, 1.54) is 22.7 Å². The van der Waals surface area contributed by atoms with Crippen LogP contribution in [0.25, 0.3) is 42.5 Å². The molecule has 0 atom stereocenters. The molecule has 4 aromatic carbocycles. The third-order valence-electron chi connectivity index (χ3n) is 8.47. The highest BCUT2D eigenvalue weighted by Gasteiger charge is 2.16. The smallest absolute Gasteiger partial charge is 0.251 e. The van der Waals surface area contributed by atoms with Gasteiger partial charge >= 0.3 is 0 Å². The number of carbonyl (C=O) groups excluding carboxylic acids is 2. The van der Waals surface area contributed by atoms with Gasteiger partial charge in [0.1, 0.15) is 0 Å². The standard InChI is InChI=1S/2C19H18ClN5OS/c2*1-3-21-17(26)11-5-8-15-14(9-11)22-18(25(15)4-2)24-19-23-13-7-6-12(20)10-16(13)27-19/h2*5-10H,3-4H2,1-2H3,(H,21,26)(H,22,23,24). The first-order valence-corrected chi connectivity index (χ1v) is 19.8. The molecule has 0 aliphatic heterocycles. The number of aromatic nitrogens is 6. The molecule has 0 fully saturated rings. The number of nitrogens with zero attached hydrogens (tertiary/aromatic N) is 6. The second kappa shape index (κ2) is 16.0. The van der Waals surface area contributed by atoms with Gasteiger partial charge in [-0.15, -0.1) is 0 Å². The molecule has 0 aliphatic carbocycles. The van der Waals surface area contributed by atoms with Gasteiger partial charge in [0.15, 0.2) is 10.3 Å². The summed E-state index contributed by atoms with van der Waals surface area (Å²) in [6.07, 6.45) is 0. The Morgan fingerprint density at radius 2 is 1.00 bits per heavy atom. The van der Waals surface area contributed by atoms with Crippen LogP contribution in [0.1, 0.15) is 48.4 Å². The van der Waals surface area contributed by atoms with Crippen molar-refractivity contribution in [2.24, 2.45) is 0 Å². The minimum atomic E-state index is -0.0944. The molecule has 4 aromatic heterocycles. The van der Waals surface area contributed by atoms with Crippen molar-refractivity contribution in [2.75, 3.05) is 23.7 Å². The summed E-state index contributed by atoms with van der Waals surface area (Å²) in [5.74, 6) is 1.21. The van der Waals surface area contributed by atoms with Gasteiger partial charge in [0.25, 0.3) is 11.8 Å². The van der Waals surface area contributed by atoms with Crippen LogP contribution in [0.4, 0.5) is 22.2 Å². The molecular formula is C38H36Cl2N10O2S2. The number of carbonyl (C=O) groups is 2. The van der Waals surface area contributed by atoms with E-state index in [4.69, 9.17) is 23.2 Å². The van der Waals surface area contributed by atoms with E-state index in [0.717, 1.165) is 65.9 Å². The summed E-state index contributed by atoms with van der Waals surface area (Å²) in [5.41, 5.74) is 6.47. The van der Waals surface area contributed by atoms with Gasteiger partial charge in [-0.1, -0.05) is 45.9 Å². The van der Waals surface area contributed by atoms with Crippen LogP contribution in [0.5, 0.6) is 0 Å². The first-order valence-electron chi connectivity index (χ1n) is 17.4. The molecule has 4 heterocycles. The van der Waals surface area contributed by atoms with Gasteiger partial charge in [-0.3, -0.25) is 9.59 Å². The maximum absolute atomic E-state index is 12.1. The van der Waals surface area contributed by atoms with Crippen molar-refractivity contribution < 1.29 is 9.59 Å². The monoisotopic (exact) mass is 798 g/mol. The predicted molar refractivity (Wildman–Crippen MR) is 223 cm³/mol. The molecule has 16 heteroatoms. The Morgan fingerprint density at radius 3 is 1.39 bits per heavy atom. The summed E-state index contributed by atoms with van der Waals surface area (Å²) >= 11 is 15.2. The quantitative estimate of drug-likeness (QED) is 0.107. The van der Waals surface area contributed by atoms with Crippen molar-refractivity contribution in [3.63, 3.8) is 0 Å². The number of benzene rings is 4. The average Bonchev–Trinajstić information content (AvgIpc) is 3.92. The lowest BCUT2D eigenvalue weighted by Crippen LogP contribution is -2.22. The highest BCUT2D eigenvalue weighted by atomic mass is 35.5. The van der Waals surface area contributed by atoms with Crippen molar-refractivity contribution in [2.45, 2.75) is 40.8 Å². The number of halogens is 2. The first kappa shape index (κ1) is 37.1. The molecule has 2 amide bonds. The summed E-state index contributed by atoms with van der Waals surface area (Å²) in [4.78, 5) is 42.7. The maximum atomic E-state index is 12.1. The fourth-order valence-electron chi connectivity index (χ4n) is 5.99. The molecule has 0 spiro atoms. The zero-order valence-electron chi connectivity index (χ0n) is 29.8. The molecule has 0 radical (unpaired) electrons. The number of hydrogen-bond acceptors (Lipinski definition) is 10. The summed E-state index contributed by atoms with van der Waals surface area (Å²) in [5, 5.41) is 15.1. The van der Waals surface area contributed by atoms with Crippen molar-refractivity contribution >= 4 is 122 Å². The van der Waals surface area contributed by atoms with Gasteiger partial charge < -0.3 is 30.4 Å². The molecule has 276 valence electrons. The fraction of sp³-hybridized carbons (Fsp3) is 0.211. The summed E-state index contributed by atoms with van der Waals surface area (Å²) < 4.78 is 6.16. The predicted octanol–water partition coefficient (Wildman–Crippen LogP) is 9.63. The van der Waals surface area contributed by atoms with E-state index in [9.17, 15) is 9.59 Å². The van der Waals surface area contributed by atoms with Gasteiger partial charge in [-0.25, -0.2) is 19.9 Å². The number of thiazole rings is 2. The number of aryl methyl sites for hydroxylation is 2. The molecule has 12 nitrogen and oxygen atoms in total. The Morgan fingerprint density at radius 1 is 0.574 bits per heavy atom. The van der Waals surface area contributed by atoms with Gasteiger partial charge in [-0.05, 0) is 100 Å². The Labute approximate surface area is 328 Å². The fourth-order valence-corrected chi connectivity index (χ4v) is 8.26. The SMILES string of the molecule is CCNC(=O)c1ccc2c(c1)nc(Nc1nc3ccc(Cl)cc3s1)n2CC.CCNC(=O)c1ccc2c(c1)nc(Nc1nc3ccc(Cl)cc3s1)n2CC. The average molecular weight is 800 g/mol. The number of amides is 2. The Hall–Kier alpha value is -5.28.